The summed E-state index contributed by atoms with van der Waals surface area (Å²) in [4.78, 5) is 50.7. The molecule has 0 radical (unpaired) electrons. The van der Waals surface area contributed by atoms with Gasteiger partial charge in [-0.25, -0.2) is 13.7 Å². The molecule has 5 rings (SSSR count). The normalized spacial score (nSPS) is 19.6. The Labute approximate surface area is 346 Å². The van der Waals surface area contributed by atoms with Crippen molar-refractivity contribution in [3.05, 3.63) is 132 Å². The first kappa shape index (κ1) is 45.7. The molecule has 5 unspecified atom stereocenters. The number of esters is 4. The lowest BCUT2D eigenvalue weighted by Gasteiger charge is -2.46. The van der Waals surface area contributed by atoms with Gasteiger partial charge in [-0.2, -0.15) is 0 Å². The molecule has 1 heterocycles. The van der Waals surface area contributed by atoms with Crippen LogP contribution in [0.5, 0.6) is 11.5 Å². The number of phosphoric acid groups is 2. The third kappa shape index (κ3) is 14.1. The van der Waals surface area contributed by atoms with Crippen LogP contribution in [0.25, 0.3) is 0 Å². The Morgan fingerprint density at radius 1 is 0.533 bits per heavy atom. The molecule has 4 aromatic rings. The molecule has 320 valence electrons. The number of para-hydroxylation sites is 2. The van der Waals surface area contributed by atoms with Gasteiger partial charge in [0.1, 0.15) is 17.6 Å². The second-order valence-corrected chi connectivity index (χ2v) is 16.1. The first-order valence-electron chi connectivity index (χ1n) is 18.4. The summed E-state index contributed by atoms with van der Waals surface area (Å²) < 4.78 is 92.4. The van der Waals surface area contributed by atoms with Gasteiger partial charge in [0.2, 0.25) is 6.29 Å². The summed E-state index contributed by atoms with van der Waals surface area (Å²) in [5, 5.41) is 0. The Bertz CT molecular complexity index is 2010. The predicted octanol–water partition coefficient (Wildman–Crippen LogP) is 7.28. The number of benzene rings is 4. The smallest absolute Gasteiger partial charge is 0.457 e. The minimum Gasteiger partial charge on any atom is -0.457 e. The van der Waals surface area contributed by atoms with Gasteiger partial charge in [-0.05, 0) is 35.4 Å². The summed E-state index contributed by atoms with van der Waals surface area (Å²) in [7, 11) is -9.48. The van der Waals surface area contributed by atoms with Gasteiger partial charge in [0.05, 0.1) is 19.8 Å². The summed E-state index contributed by atoms with van der Waals surface area (Å²) in [6.07, 6.45) is -10.9. The number of carbonyl (C=O) groups is 4. The molecule has 19 heteroatoms. The molecule has 4 aromatic carbocycles. The van der Waals surface area contributed by atoms with Crippen LogP contribution in [0.2, 0.25) is 0 Å². The van der Waals surface area contributed by atoms with Crippen LogP contribution in [0, 0.1) is 0 Å². The highest BCUT2D eigenvalue weighted by Crippen LogP contribution is 2.54. The molecule has 0 aromatic heterocycles. The summed E-state index contributed by atoms with van der Waals surface area (Å²) in [6, 6.07) is 33.0. The van der Waals surface area contributed by atoms with Crippen molar-refractivity contribution in [2.24, 2.45) is 0 Å². The Hall–Kier alpha value is -5.38. The molecular formula is C41H44O17P2. The first-order chi connectivity index (χ1) is 28.7. The molecule has 1 saturated heterocycles. The lowest BCUT2D eigenvalue weighted by molar-refractivity contribution is -0.301. The summed E-state index contributed by atoms with van der Waals surface area (Å²) in [5.74, 6) is -3.72. The fourth-order valence-corrected chi connectivity index (χ4v) is 8.21. The maximum Gasteiger partial charge on any atom is 0.590 e. The van der Waals surface area contributed by atoms with Crippen molar-refractivity contribution in [3.8, 4) is 11.5 Å². The van der Waals surface area contributed by atoms with Crippen molar-refractivity contribution < 1.29 is 79.1 Å². The van der Waals surface area contributed by atoms with E-state index in [9.17, 15) is 28.3 Å². The lowest BCUT2D eigenvalue weighted by Crippen LogP contribution is -2.65. The monoisotopic (exact) mass is 870 g/mol. The maximum atomic E-state index is 14.7. The second-order valence-electron chi connectivity index (χ2n) is 13.0. The highest BCUT2D eigenvalue weighted by molar-refractivity contribution is 7.49. The standard InChI is InChI=1S/C41H44O17P2/c1-28(42)51-36(27-50-59(46,48-25-32-17-9-5-10-18-32)49-26-33-19-11-6-12-20-33)37-38(52-29(2)43)39(53-30(3)44)40(54-31(4)45)41(55-37)58-60(47,56-34-21-13-7-14-22-34)57-35-23-15-8-16-24-35/h5-24,36-41H,25-27H2,1-4H3/t36-,37?,38?,39?,40?,41?/m1/s1. The van der Waals surface area contributed by atoms with E-state index in [-0.39, 0.29) is 24.7 Å². The minimum absolute atomic E-state index is 0.0235. The van der Waals surface area contributed by atoms with Crippen molar-refractivity contribution >= 4 is 39.5 Å². The molecule has 0 N–H and O–H groups in total. The Morgan fingerprint density at radius 2 is 0.950 bits per heavy atom. The van der Waals surface area contributed by atoms with Crippen molar-refractivity contribution in [2.45, 2.75) is 77.7 Å². The molecule has 0 bridgehead atoms. The number of hydrogen-bond acceptors (Lipinski definition) is 17. The summed E-state index contributed by atoms with van der Waals surface area (Å²) >= 11 is 0. The van der Waals surface area contributed by atoms with Crippen LogP contribution in [-0.2, 0) is 83.3 Å². The SMILES string of the molecule is CC(=O)OC1C(OP(=O)(Oc2ccccc2)Oc2ccccc2)OC([C@@H](COP(=O)(OCc2ccccc2)OCc2ccccc2)OC(C)=O)C(OC(C)=O)C1OC(C)=O. The first-order valence-corrected chi connectivity index (χ1v) is 21.4. The highest BCUT2D eigenvalue weighted by atomic mass is 31.2. The van der Waals surface area contributed by atoms with Gasteiger partial charge in [-0.3, -0.25) is 32.7 Å². The number of phosphoric ester groups is 2. The zero-order valence-electron chi connectivity index (χ0n) is 33.0. The molecule has 0 spiro atoms. The summed E-state index contributed by atoms with van der Waals surface area (Å²) in [5.41, 5.74) is 1.24. The molecule has 1 aliphatic rings. The van der Waals surface area contributed by atoms with Crippen molar-refractivity contribution in [1.29, 1.82) is 0 Å². The quantitative estimate of drug-likeness (QED) is 0.0486. The van der Waals surface area contributed by atoms with E-state index in [4.69, 9.17) is 50.8 Å². The van der Waals surface area contributed by atoms with Crippen molar-refractivity contribution in [1.82, 2.24) is 0 Å². The third-order valence-electron chi connectivity index (χ3n) is 8.14. The van der Waals surface area contributed by atoms with Crippen molar-refractivity contribution in [3.63, 3.8) is 0 Å². The zero-order chi connectivity index (χ0) is 43.1. The van der Waals surface area contributed by atoms with Gasteiger partial charge < -0.3 is 32.7 Å². The van der Waals surface area contributed by atoms with Gasteiger partial charge in [0.25, 0.3) is 0 Å². The molecule has 1 aliphatic heterocycles. The highest BCUT2D eigenvalue weighted by Gasteiger charge is 2.58. The molecule has 0 aliphatic carbocycles. The fraction of sp³-hybridized carbons (Fsp3) is 0.317. The van der Waals surface area contributed by atoms with E-state index >= 15 is 0 Å². The zero-order valence-corrected chi connectivity index (χ0v) is 34.8. The predicted molar refractivity (Wildman–Crippen MR) is 210 cm³/mol. The third-order valence-corrected chi connectivity index (χ3v) is 10.8. The Balaban J connectivity index is 1.55. The number of ether oxygens (including phenoxy) is 5. The molecular weight excluding hydrogens is 826 g/mol. The van der Waals surface area contributed by atoms with Crippen molar-refractivity contribution in [2.75, 3.05) is 6.61 Å². The van der Waals surface area contributed by atoms with Crippen LogP contribution in [-0.4, -0.2) is 67.3 Å². The second kappa shape index (κ2) is 21.7. The van der Waals surface area contributed by atoms with Crippen LogP contribution in [0.4, 0.5) is 0 Å². The molecule has 0 amide bonds. The Kier molecular flexibility index (Phi) is 16.6. The van der Waals surface area contributed by atoms with E-state index in [1.165, 1.54) is 24.3 Å². The van der Waals surface area contributed by atoms with Gasteiger partial charge in [-0.1, -0.05) is 97.1 Å². The number of hydrogen-bond donors (Lipinski definition) is 0. The number of rotatable bonds is 20. The van der Waals surface area contributed by atoms with E-state index in [0.717, 1.165) is 27.7 Å². The summed E-state index contributed by atoms with van der Waals surface area (Å²) in [6.45, 7) is 2.83. The van der Waals surface area contributed by atoms with E-state index in [1.54, 1.807) is 97.1 Å². The molecule has 6 atom stereocenters. The fourth-order valence-electron chi connectivity index (χ4n) is 5.74. The van der Waals surface area contributed by atoms with E-state index in [1.807, 2.05) is 0 Å². The van der Waals surface area contributed by atoms with Crippen LogP contribution >= 0.6 is 15.6 Å². The average Bonchev–Trinajstić information content (AvgIpc) is 3.21. The largest absolute Gasteiger partial charge is 0.590 e. The van der Waals surface area contributed by atoms with Gasteiger partial charge >= 0.3 is 39.5 Å². The van der Waals surface area contributed by atoms with Crippen LogP contribution in [0.15, 0.2) is 121 Å². The molecule has 60 heavy (non-hydrogen) atoms. The minimum atomic E-state index is -4.91. The van der Waals surface area contributed by atoms with Crippen LogP contribution in [0.3, 0.4) is 0 Å². The number of carbonyl (C=O) groups excluding carboxylic acids is 4. The van der Waals surface area contributed by atoms with Gasteiger partial charge in [-0.15, -0.1) is 0 Å². The van der Waals surface area contributed by atoms with E-state index in [0.29, 0.717) is 11.1 Å². The molecule has 17 nitrogen and oxygen atoms in total. The van der Waals surface area contributed by atoms with E-state index in [2.05, 4.69) is 0 Å². The Morgan fingerprint density at radius 3 is 1.38 bits per heavy atom. The topological polar surface area (TPSA) is 204 Å². The van der Waals surface area contributed by atoms with Gasteiger partial charge in [0, 0.05) is 27.7 Å². The van der Waals surface area contributed by atoms with Crippen LogP contribution < -0.4 is 9.05 Å². The van der Waals surface area contributed by atoms with Crippen LogP contribution in [0.1, 0.15) is 38.8 Å². The molecule has 0 saturated carbocycles. The van der Waals surface area contributed by atoms with Gasteiger partial charge in [0.15, 0.2) is 24.4 Å². The molecule has 1 fully saturated rings. The lowest BCUT2D eigenvalue weighted by atomic mass is 9.94. The maximum absolute atomic E-state index is 14.7. The van der Waals surface area contributed by atoms with E-state index < -0.39 is 82.9 Å². The average molecular weight is 871 g/mol.